The molecule has 0 aromatic heterocycles. The minimum absolute atomic E-state index is 0.491. The van der Waals surface area contributed by atoms with Crippen molar-refractivity contribution < 1.29 is 4.74 Å². The highest BCUT2D eigenvalue weighted by molar-refractivity contribution is 4.86. The molecular formula is C13H26N2O. The quantitative estimate of drug-likeness (QED) is 0.768. The Morgan fingerprint density at radius 2 is 2.38 bits per heavy atom. The number of hydrogen-bond acceptors (Lipinski definition) is 3. The van der Waals surface area contributed by atoms with Gasteiger partial charge in [0.25, 0.3) is 0 Å². The van der Waals surface area contributed by atoms with E-state index in [0.29, 0.717) is 11.5 Å². The Labute approximate surface area is 99.5 Å². The van der Waals surface area contributed by atoms with Crippen molar-refractivity contribution in [2.45, 2.75) is 38.7 Å². The van der Waals surface area contributed by atoms with Crippen LogP contribution >= 0.6 is 0 Å². The maximum Gasteiger partial charge on any atom is 0.0588 e. The molecule has 0 aromatic carbocycles. The summed E-state index contributed by atoms with van der Waals surface area (Å²) in [7, 11) is 2.25. The minimum Gasteiger partial charge on any atom is -0.378 e. The highest BCUT2D eigenvalue weighted by Gasteiger charge is 2.29. The van der Waals surface area contributed by atoms with Gasteiger partial charge in [-0.15, -0.1) is 0 Å². The molecule has 2 rings (SSSR count). The van der Waals surface area contributed by atoms with Crippen LogP contribution in [-0.4, -0.2) is 50.8 Å². The van der Waals surface area contributed by atoms with Crippen LogP contribution in [0.2, 0.25) is 0 Å². The number of nitrogens with zero attached hydrogens (tertiary/aromatic N) is 1. The first kappa shape index (κ1) is 12.3. The summed E-state index contributed by atoms with van der Waals surface area (Å²) in [6, 6.07) is 0. The first-order valence-corrected chi connectivity index (χ1v) is 6.69. The summed E-state index contributed by atoms with van der Waals surface area (Å²) in [5.41, 5.74) is 0.491. The maximum absolute atomic E-state index is 5.66. The second-order valence-electron chi connectivity index (χ2n) is 5.90. The normalized spacial score (nSPS) is 35.1. The molecule has 2 unspecified atom stereocenters. The fourth-order valence-corrected chi connectivity index (χ4v) is 2.97. The molecule has 0 aromatic rings. The molecule has 0 spiro atoms. The van der Waals surface area contributed by atoms with Gasteiger partial charge in [0, 0.05) is 26.2 Å². The van der Waals surface area contributed by atoms with Crippen molar-refractivity contribution in [2.24, 2.45) is 5.41 Å². The van der Waals surface area contributed by atoms with Gasteiger partial charge in [-0.25, -0.2) is 0 Å². The number of rotatable bonds is 5. The van der Waals surface area contributed by atoms with Gasteiger partial charge in [0.1, 0.15) is 0 Å². The van der Waals surface area contributed by atoms with Gasteiger partial charge in [-0.3, -0.25) is 0 Å². The molecule has 2 heterocycles. The smallest absolute Gasteiger partial charge is 0.0588 e. The summed E-state index contributed by atoms with van der Waals surface area (Å²) in [4.78, 5) is 2.48. The van der Waals surface area contributed by atoms with E-state index in [0.717, 1.165) is 6.61 Å². The van der Waals surface area contributed by atoms with Crippen LogP contribution in [0.5, 0.6) is 0 Å². The van der Waals surface area contributed by atoms with Crippen LogP contribution < -0.4 is 5.32 Å². The van der Waals surface area contributed by atoms with Crippen molar-refractivity contribution in [3.05, 3.63) is 0 Å². The number of nitrogens with one attached hydrogen (secondary N) is 1. The Morgan fingerprint density at radius 1 is 1.50 bits per heavy atom. The molecule has 94 valence electrons. The summed E-state index contributed by atoms with van der Waals surface area (Å²) >= 11 is 0. The van der Waals surface area contributed by atoms with Crippen LogP contribution in [0.15, 0.2) is 0 Å². The van der Waals surface area contributed by atoms with Gasteiger partial charge in [-0.1, -0.05) is 6.92 Å². The van der Waals surface area contributed by atoms with Gasteiger partial charge in [0.2, 0.25) is 0 Å². The highest BCUT2D eigenvalue weighted by atomic mass is 16.5. The van der Waals surface area contributed by atoms with Gasteiger partial charge in [-0.05, 0) is 44.7 Å². The predicted octanol–water partition coefficient (Wildman–Crippen LogP) is 1.49. The molecule has 0 bridgehead atoms. The van der Waals surface area contributed by atoms with E-state index < -0.39 is 0 Å². The average molecular weight is 226 g/mol. The lowest BCUT2D eigenvalue weighted by molar-refractivity contribution is 0.0899. The minimum atomic E-state index is 0.491. The standard InChI is InChI=1S/C13H26N2O/c1-13(6-7-14-10-13)11-15(2)8-5-12-4-3-9-16-12/h12,14H,3-11H2,1-2H3. The average Bonchev–Trinajstić information content (AvgIpc) is 2.86. The summed E-state index contributed by atoms with van der Waals surface area (Å²) in [5.74, 6) is 0. The zero-order chi connectivity index (χ0) is 11.4. The van der Waals surface area contributed by atoms with Crippen LogP contribution in [0.4, 0.5) is 0 Å². The second kappa shape index (κ2) is 5.48. The molecule has 16 heavy (non-hydrogen) atoms. The van der Waals surface area contributed by atoms with Crippen LogP contribution in [0, 0.1) is 5.41 Å². The summed E-state index contributed by atoms with van der Waals surface area (Å²) in [6.07, 6.45) is 5.59. The fraction of sp³-hybridized carbons (Fsp3) is 1.00. The van der Waals surface area contributed by atoms with Gasteiger partial charge < -0.3 is 15.0 Å². The van der Waals surface area contributed by atoms with E-state index >= 15 is 0 Å². The van der Waals surface area contributed by atoms with E-state index in [2.05, 4.69) is 24.2 Å². The van der Waals surface area contributed by atoms with Crippen molar-refractivity contribution in [3.8, 4) is 0 Å². The van der Waals surface area contributed by atoms with Crippen molar-refractivity contribution in [2.75, 3.05) is 39.8 Å². The molecule has 2 atom stereocenters. The molecule has 2 saturated heterocycles. The van der Waals surface area contributed by atoms with E-state index in [1.165, 1.54) is 51.9 Å². The van der Waals surface area contributed by atoms with Gasteiger partial charge in [0.05, 0.1) is 6.10 Å². The Balaban J connectivity index is 1.65. The van der Waals surface area contributed by atoms with Crippen LogP contribution in [0.25, 0.3) is 0 Å². The van der Waals surface area contributed by atoms with Crippen LogP contribution in [0.1, 0.15) is 32.6 Å². The molecule has 0 saturated carbocycles. The molecule has 2 fully saturated rings. The largest absolute Gasteiger partial charge is 0.378 e. The summed E-state index contributed by atoms with van der Waals surface area (Å²) < 4.78 is 5.66. The van der Waals surface area contributed by atoms with Crippen molar-refractivity contribution in [1.82, 2.24) is 10.2 Å². The van der Waals surface area contributed by atoms with Gasteiger partial charge in [0.15, 0.2) is 0 Å². The maximum atomic E-state index is 5.66. The molecule has 0 aliphatic carbocycles. The third-order valence-electron chi connectivity index (χ3n) is 3.97. The van der Waals surface area contributed by atoms with E-state index in [9.17, 15) is 0 Å². The predicted molar refractivity (Wildman–Crippen MR) is 66.7 cm³/mol. The molecule has 3 heteroatoms. The van der Waals surface area contributed by atoms with E-state index in [4.69, 9.17) is 4.74 Å². The zero-order valence-corrected chi connectivity index (χ0v) is 10.8. The van der Waals surface area contributed by atoms with Gasteiger partial charge in [-0.2, -0.15) is 0 Å². The van der Waals surface area contributed by atoms with Crippen LogP contribution in [-0.2, 0) is 4.74 Å². The summed E-state index contributed by atoms with van der Waals surface area (Å²) in [6.45, 7) is 8.14. The lowest BCUT2D eigenvalue weighted by Gasteiger charge is -2.29. The first-order valence-electron chi connectivity index (χ1n) is 6.69. The highest BCUT2D eigenvalue weighted by Crippen LogP contribution is 2.25. The molecule has 1 N–H and O–H groups in total. The van der Waals surface area contributed by atoms with Crippen LogP contribution in [0.3, 0.4) is 0 Å². The Kier molecular flexibility index (Phi) is 4.22. The molecular weight excluding hydrogens is 200 g/mol. The molecule has 0 amide bonds. The SMILES string of the molecule is CN(CCC1CCCO1)CC1(C)CCNC1. The fourth-order valence-electron chi connectivity index (χ4n) is 2.97. The molecule has 2 aliphatic heterocycles. The number of hydrogen-bond donors (Lipinski definition) is 1. The Bertz CT molecular complexity index is 208. The first-order chi connectivity index (χ1) is 7.68. The van der Waals surface area contributed by atoms with E-state index in [1.807, 2.05) is 0 Å². The lowest BCUT2D eigenvalue weighted by Crippen LogP contribution is -2.36. The van der Waals surface area contributed by atoms with Crippen molar-refractivity contribution >= 4 is 0 Å². The third kappa shape index (κ3) is 3.44. The monoisotopic (exact) mass is 226 g/mol. The Morgan fingerprint density at radius 3 is 3.00 bits per heavy atom. The second-order valence-corrected chi connectivity index (χ2v) is 5.90. The lowest BCUT2D eigenvalue weighted by atomic mass is 9.89. The van der Waals surface area contributed by atoms with Gasteiger partial charge >= 0.3 is 0 Å². The molecule has 3 nitrogen and oxygen atoms in total. The van der Waals surface area contributed by atoms with E-state index in [1.54, 1.807) is 0 Å². The van der Waals surface area contributed by atoms with Crippen molar-refractivity contribution in [3.63, 3.8) is 0 Å². The molecule has 2 aliphatic rings. The number of ether oxygens (including phenoxy) is 1. The zero-order valence-electron chi connectivity index (χ0n) is 10.8. The summed E-state index contributed by atoms with van der Waals surface area (Å²) in [5, 5.41) is 3.46. The van der Waals surface area contributed by atoms with E-state index in [-0.39, 0.29) is 0 Å². The van der Waals surface area contributed by atoms with Crippen molar-refractivity contribution in [1.29, 1.82) is 0 Å². The molecule has 0 radical (unpaired) electrons. The third-order valence-corrected chi connectivity index (χ3v) is 3.97. The Hall–Kier alpha value is -0.120. The topological polar surface area (TPSA) is 24.5 Å².